The highest BCUT2D eigenvalue weighted by molar-refractivity contribution is 5.90. The molecule has 26 heavy (non-hydrogen) atoms. The number of benzene rings is 2. The van der Waals surface area contributed by atoms with Gasteiger partial charge in [0, 0.05) is 11.3 Å². The maximum absolute atomic E-state index is 12.1. The third-order valence-electron chi connectivity index (χ3n) is 3.73. The molecule has 0 fully saturated rings. The van der Waals surface area contributed by atoms with Crippen LogP contribution in [-0.2, 0) is 6.61 Å². The summed E-state index contributed by atoms with van der Waals surface area (Å²) >= 11 is 0. The van der Waals surface area contributed by atoms with E-state index < -0.39 is 12.1 Å². The summed E-state index contributed by atoms with van der Waals surface area (Å²) in [5.74, 6) is 1.16. The molecule has 0 aliphatic heterocycles. The summed E-state index contributed by atoms with van der Waals surface area (Å²) in [5, 5.41) is 15.3. The molecule has 0 saturated carbocycles. The molecule has 3 aromatic rings. The zero-order valence-corrected chi connectivity index (χ0v) is 14.1. The monoisotopic (exact) mass is 352 g/mol. The molecule has 1 heterocycles. The SMILES string of the molecule is O=C(NCC(O)c1ccco1)Nc1ccccc1COc1ccccc1. The molecule has 3 rings (SSSR count). The Morgan fingerprint density at radius 1 is 1.04 bits per heavy atom. The Kier molecular flexibility index (Phi) is 5.90. The van der Waals surface area contributed by atoms with E-state index in [1.54, 1.807) is 18.2 Å². The van der Waals surface area contributed by atoms with Crippen LogP contribution in [-0.4, -0.2) is 17.7 Å². The number of nitrogens with one attached hydrogen (secondary N) is 2. The van der Waals surface area contributed by atoms with E-state index in [9.17, 15) is 9.90 Å². The molecule has 0 aliphatic carbocycles. The number of aliphatic hydroxyl groups is 1. The normalized spacial score (nSPS) is 11.6. The summed E-state index contributed by atoms with van der Waals surface area (Å²) in [6.07, 6.45) is 0.578. The zero-order valence-electron chi connectivity index (χ0n) is 14.1. The third-order valence-corrected chi connectivity index (χ3v) is 3.73. The van der Waals surface area contributed by atoms with Crippen LogP contribution in [0.2, 0.25) is 0 Å². The first-order valence-electron chi connectivity index (χ1n) is 8.24. The Hall–Kier alpha value is -3.25. The predicted octanol–water partition coefficient (Wildman–Crippen LogP) is 3.71. The second-order valence-corrected chi connectivity index (χ2v) is 5.63. The summed E-state index contributed by atoms with van der Waals surface area (Å²) < 4.78 is 10.8. The highest BCUT2D eigenvalue weighted by Gasteiger charge is 2.12. The number of carbonyl (C=O) groups excluding carboxylic acids is 1. The highest BCUT2D eigenvalue weighted by atomic mass is 16.5. The van der Waals surface area contributed by atoms with Gasteiger partial charge in [0.25, 0.3) is 0 Å². The van der Waals surface area contributed by atoms with Gasteiger partial charge in [-0.3, -0.25) is 0 Å². The number of ether oxygens (including phenoxy) is 1. The summed E-state index contributed by atoms with van der Waals surface area (Å²) in [7, 11) is 0. The Morgan fingerprint density at radius 2 is 1.81 bits per heavy atom. The lowest BCUT2D eigenvalue weighted by Gasteiger charge is -2.14. The molecule has 1 atom stereocenters. The van der Waals surface area contributed by atoms with Crippen molar-refractivity contribution in [2.75, 3.05) is 11.9 Å². The largest absolute Gasteiger partial charge is 0.489 e. The van der Waals surface area contributed by atoms with Crippen molar-refractivity contribution in [1.29, 1.82) is 0 Å². The fourth-order valence-electron chi connectivity index (χ4n) is 2.38. The Labute approximate surface area is 151 Å². The van der Waals surface area contributed by atoms with Crippen molar-refractivity contribution in [3.63, 3.8) is 0 Å². The average molecular weight is 352 g/mol. The van der Waals surface area contributed by atoms with Gasteiger partial charge in [-0.25, -0.2) is 4.79 Å². The molecule has 3 N–H and O–H groups in total. The first kappa shape index (κ1) is 17.6. The molecule has 0 saturated heterocycles. The minimum Gasteiger partial charge on any atom is -0.489 e. The summed E-state index contributed by atoms with van der Waals surface area (Å²) in [6.45, 7) is 0.373. The van der Waals surface area contributed by atoms with E-state index in [-0.39, 0.29) is 6.54 Å². The van der Waals surface area contributed by atoms with Crippen LogP contribution in [0, 0.1) is 0 Å². The van der Waals surface area contributed by atoms with Gasteiger partial charge >= 0.3 is 6.03 Å². The lowest BCUT2D eigenvalue weighted by Crippen LogP contribution is -2.32. The predicted molar refractivity (Wildman–Crippen MR) is 97.9 cm³/mol. The Bertz CT molecular complexity index is 819. The van der Waals surface area contributed by atoms with Crippen LogP contribution >= 0.6 is 0 Å². The number of anilines is 1. The van der Waals surface area contributed by atoms with Gasteiger partial charge in [0.1, 0.15) is 24.2 Å². The smallest absolute Gasteiger partial charge is 0.319 e. The van der Waals surface area contributed by atoms with Crippen molar-refractivity contribution in [3.8, 4) is 5.75 Å². The number of urea groups is 1. The number of furan rings is 1. The van der Waals surface area contributed by atoms with Gasteiger partial charge in [0.05, 0.1) is 12.8 Å². The number of carbonyl (C=O) groups is 1. The maximum atomic E-state index is 12.1. The minimum atomic E-state index is -0.896. The average Bonchev–Trinajstić information content (AvgIpc) is 3.21. The fraction of sp³-hybridized carbons (Fsp3) is 0.150. The second kappa shape index (κ2) is 8.73. The fourth-order valence-corrected chi connectivity index (χ4v) is 2.38. The van der Waals surface area contributed by atoms with E-state index in [4.69, 9.17) is 9.15 Å². The first-order valence-corrected chi connectivity index (χ1v) is 8.24. The van der Waals surface area contributed by atoms with Crippen LogP contribution in [0.4, 0.5) is 10.5 Å². The van der Waals surface area contributed by atoms with Crippen molar-refractivity contribution < 1.29 is 19.1 Å². The molecule has 0 spiro atoms. The number of hydrogen-bond acceptors (Lipinski definition) is 4. The molecule has 2 aromatic carbocycles. The molecular formula is C20H20N2O4. The molecule has 134 valence electrons. The van der Waals surface area contributed by atoms with Crippen LogP contribution in [0.25, 0.3) is 0 Å². The van der Waals surface area contributed by atoms with E-state index >= 15 is 0 Å². The number of aliphatic hydroxyl groups excluding tert-OH is 1. The Morgan fingerprint density at radius 3 is 2.58 bits per heavy atom. The van der Waals surface area contributed by atoms with Gasteiger partial charge in [-0.1, -0.05) is 36.4 Å². The van der Waals surface area contributed by atoms with Crippen molar-refractivity contribution in [2.45, 2.75) is 12.7 Å². The van der Waals surface area contributed by atoms with Gasteiger partial charge in [0.15, 0.2) is 0 Å². The van der Waals surface area contributed by atoms with E-state index in [0.717, 1.165) is 11.3 Å². The molecule has 6 nitrogen and oxygen atoms in total. The van der Waals surface area contributed by atoms with E-state index in [1.807, 2.05) is 48.5 Å². The van der Waals surface area contributed by atoms with Crippen molar-refractivity contribution >= 4 is 11.7 Å². The first-order chi connectivity index (χ1) is 12.7. The molecule has 0 bridgehead atoms. The zero-order chi connectivity index (χ0) is 18.2. The maximum Gasteiger partial charge on any atom is 0.319 e. The van der Waals surface area contributed by atoms with Gasteiger partial charge < -0.3 is 24.9 Å². The van der Waals surface area contributed by atoms with E-state index in [0.29, 0.717) is 18.1 Å². The third kappa shape index (κ3) is 4.87. The number of hydrogen-bond donors (Lipinski definition) is 3. The van der Waals surface area contributed by atoms with Crippen LogP contribution < -0.4 is 15.4 Å². The van der Waals surface area contributed by atoms with Crippen LogP contribution in [0.1, 0.15) is 17.4 Å². The quantitative estimate of drug-likeness (QED) is 0.605. The lowest BCUT2D eigenvalue weighted by atomic mass is 10.2. The number of rotatable bonds is 7. The van der Waals surface area contributed by atoms with Crippen LogP contribution in [0.3, 0.4) is 0 Å². The number of para-hydroxylation sites is 2. The van der Waals surface area contributed by atoms with Gasteiger partial charge in [-0.05, 0) is 30.3 Å². The van der Waals surface area contributed by atoms with Crippen LogP contribution in [0.15, 0.2) is 77.4 Å². The standard InChI is InChI=1S/C20H20N2O4/c23-18(19-11-6-12-25-19)13-21-20(24)22-17-10-5-4-7-15(17)14-26-16-8-2-1-3-9-16/h1-12,18,23H,13-14H2,(H2,21,22,24). The van der Waals surface area contributed by atoms with Gasteiger partial charge in [-0.15, -0.1) is 0 Å². The minimum absolute atomic E-state index is 0.0437. The van der Waals surface area contributed by atoms with Crippen molar-refractivity contribution in [2.24, 2.45) is 0 Å². The molecule has 2 amide bonds. The van der Waals surface area contributed by atoms with Crippen LogP contribution in [0.5, 0.6) is 5.75 Å². The molecule has 1 aromatic heterocycles. The topological polar surface area (TPSA) is 83.7 Å². The summed E-state index contributed by atoms with van der Waals surface area (Å²) in [5.41, 5.74) is 1.49. The second-order valence-electron chi connectivity index (χ2n) is 5.63. The number of amides is 2. The lowest BCUT2D eigenvalue weighted by molar-refractivity contribution is 0.149. The molecule has 0 aliphatic rings. The highest BCUT2D eigenvalue weighted by Crippen LogP contribution is 2.18. The molecular weight excluding hydrogens is 332 g/mol. The van der Waals surface area contributed by atoms with Crippen molar-refractivity contribution in [3.05, 3.63) is 84.3 Å². The molecule has 6 heteroatoms. The van der Waals surface area contributed by atoms with E-state index in [1.165, 1.54) is 6.26 Å². The van der Waals surface area contributed by atoms with E-state index in [2.05, 4.69) is 10.6 Å². The molecule has 1 unspecified atom stereocenters. The molecule has 0 radical (unpaired) electrons. The summed E-state index contributed by atoms with van der Waals surface area (Å²) in [6, 6.07) is 19.8. The summed E-state index contributed by atoms with van der Waals surface area (Å²) in [4.78, 5) is 12.1. The van der Waals surface area contributed by atoms with Crippen molar-refractivity contribution in [1.82, 2.24) is 5.32 Å². The van der Waals surface area contributed by atoms with Gasteiger partial charge in [0.2, 0.25) is 0 Å². The Balaban J connectivity index is 1.54. The van der Waals surface area contributed by atoms with Gasteiger partial charge in [-0.2, -0.15) is 0 Å².